The standard InChI is InChI=1S/C23H29ClN6/c1-17-10-11-19(24)16-20(17)28-12-14-29(15-13-28)21(18-8-6-5-7-9-18)22-25-26-27-30(22)23(2,3)4/h5-11,16,21H,12-15H2,1-4H3/t21-/m0/s1. The van der Waals surface area contributed by atoms with Crippen LogP contribution in [0.3, 0.4) is 0 Å². The van der Waals surface area contributed by atoms with Crippen molar-refractivity contribution in [1.82, 2.24) is 25.1 Å². The van der Waals surface area contributed by atoms with Gasteiger partial charge in [0.1, 0.15) is 0 Å². The fourth-order valence-corrected chi connectivity index (χ4v) is 4.31. The van der Waals surface area contributed by atoms with E-state index in [0.29, 0.717) is 0 Å². The molecule has 0 saturated carbocycles. The number of benzene rings is 2. The van der Waals surface area contributed by atoms with E-state index in [2.05, 4.69) is 89.4 Å². The van der Waals surface area contributed by atoms with Crippen molar-refractivity contribution < 1.29 is 0 Å². The number of tetrazole rings is 1. The molecule has 0 amide bonds. The predicted molar refractivity (Wildman–Crippen MR) is 121 cm³/mol. The monoisotopic (exact) mass is 424 g/mol. The van der Waals surface area contributed by atoms with Gasteiger partial charge in [-0.05, 0) is 61.4 Å². The summed E-state index contributed by atoms with van der Waals surface area (Å²) in [5, 5.41) is 13.6. The maximum absolute atomic E-state index is 6.26. The van der Waals surface area contributed by atoms with Crippen molar-refractivity contribution >= 4 is 17.3 Å². The summed E-state index contributed by atoms with van der Waals surface area (Å²) in [6.07, 6.45) is 0. The number of aryl methyl sites for hydroxylation is 1. The Hall–Kier alpha value is -2.44. The molecular weight excluding hydrogens is 396 g/mol. The summed E-state index contributed by atoms with van der Waals surface area (Å²) in [5.41, 5.74) is 3.50. The van der Waals surface area contributed by atoms with E-state index in [9.17, 15) is 0 Å². The zero-order valence-corrected chi connectivity index (χ0v) is 18.8. The molecule has 1 aromatic heterocycles. The molecule has 7 heteroatoms. The van der Waals surface area contributed by atoms with E-state index in [1.54, 1.807) is 0 Å². The van der Waals surface area contributed by atoms with Gasteiger partial charge in [-0.3, -0.25) is 4.90 Å². The summed E-state index contributed by atoms with van der Waals surface area (Å²) in [6, 6.07) is 16.7. The third-order valence-electron chi connectivity index (χ3n) is 5.68. The summed E-state index contributed by atoms with van der Waals surface area (Å²) in [7, 11) is 0. The second-order valence-electron chi connectivity index (χ2n) is 8.89. The third kappa shape index (κ3) is 4.20. The largest absolute Gasteiger partial charge is 0.369 e. The van der Waals surface area contributed by atoms with Gasteiger partial charge in [0.25, 0.3) is 0 Å². The number of rotatable bonds is 4. The van der Waals surface area contributed by atoms with Crippen LogP contribution in [-0.2, 0) is 5.54 Å². The maximum Gasteiger partial charge on any atom is 0.173 e. The molecule has 4 rings (SSSR count). The van der Waals surface area contributed by atoms with Crippen LogP contribution in [-0.4, -0.2) is 51.3 Å². The van der Waals surface area contributed by atoms with E-state index in [1.807, 2.05) is 16.8 Å². The SMILES string of the molecule is Cc1ccc(Cl)cc1N1CCN([C@@H](c2ccccc2)c2nnnn2C(C)(C)C)CC1. The van der Waals surface area contributed by atoms with Gasteiger partial charge in [-0.2, -0.15) is 0 Å². The molecule has 1 saturated heterocycles. The molecule has 0 spiro atoms. The van der Waals surface area contributed by atoms with Gasteiger partial charge in [0.2, 0.25) is 0 Å². The predicted octanol–water partition coefficient (Wildman–Crippen LogP) is 4.30. The van der Waals surface area contributed by atoms with Crippen molar-refractivity contribution in [2.24, 2.45) is 0 Å². The molecule has 1 aliphatic heterocycles. The minimum Gasteiger partial charge on any atom is -0.369 e. The van der Waals surface area contributed by atoms with E-state index in [1.165, 1.54) is 16.8 Å². The Balaban J connectivity index is 1.63. The lowest BCUT2D eigenvalue weighted by molar-refractivity contribution is 0.191. The van der Waals surface area contributed by atoms with Crippen LogP contribution in [0.2, 0.25) is 5.02 Å². The third-order valence-corrected chi connectivity index (χ3v) is 5.92. The van der Waals surface area contributed by atoms with Crippen molar-refractivity contribution in [2.75, 3.05) is 31.1 Å². The van der Waals surface area contributed by atoms with Crippen LogP contribution < -0.4 is 4.90 Å². The van der Waals surface area contributed by atoms with Crippen LogP contribution in [0.15, 0.2) is 48.5 Å². The van der Waals surface area contributed by atoms with Crippen LogP contribution in [0, 0.1) is 6.92 Å². The molecule has 0 aliphatic carbocycles. The average Bonchev–Trinajstić information content (AvgIpc) is 3.21. The number of halogens is 1. The molecule has 1 atom stereocenters. The van der Waals surface area contributed by atoms with E-state index >= 15 is 0 Å². The molecule has 1 aliphatic rings. The molecule has 6 nitrogen and oxygen atoms in total. The quantitative estimate of drug-likeness (QED) is 0.624. The highest BCUT2D eigenvalue weighted by atomic mass is 35.5. The number of piperazine rings is 1. The lowest BCUT2D eigenvalue weighted by atomic mass is 10.0. The molecular formula is C23H29ClN6. The van der Waals surface area contributed by atoms with Gasteiger partial charge in [0.15, 0.2) is 5.82 Å². The highest BCUT2D eigenvalue weighted by molar-refractivity contribution is 6.30. The summed E-state index contributed by atoms with van der Waals surface area (Å²) < 4.78 is 1.96. The summed E-state index contributed by atoms with van der Waals surface area (Å²) >= 11 is 6.26. The molecule has 0 radical (unpaired) electrons. The smallest absolute Gasteiger partial charge is 0.173 e. The van der Waals surface area contributed by atoms with Crippen molar-refractivity contribution in [2.45, 2.75) is 39.3 Å². The lowest BCUT2D eigenvalue weighted by Crippen LogP contribution is -2.49. The Bertz CT molecular complexity index is 986. The van der Waals surface area contributed by atoms with Crippen molar-refractivity contribution in [3.05, 3.63) is 70.5 Å². The number of hydrogen-bond donors (Lipinski definition) is 0. The van der Waals surface area contributed by atoms with E-state index < -0.39 is 0 Å². The van der Waals surface area contributed by atoms with Crippen LogP contribution in [0.4, 0.5) is 5.69 Å². The zero-order chi connectivity index (χ0) is 21.3. The highest BCUT2D eigenvalue weighted by Gasteiger charge is 2.33. The molecule has 2 heterocycles. The number of anilines is 1. The van der Waals surface area contributed by atoms with Gasteiger partial charge < -0.3 is 4.90 Å². The molecule has 0 N–H and O–H groups in total. The minimum absolute atomic E-state index is 0.0167. The second-order valence-corrected chi connectivity index (χ2v) is 9.32. The molecule has 3 aromatic rings. The summed E-state index contributed by atoms with van der Waals surface area (Å²) in [4.78, 5) is 4.91. The average molecular weight is 425 g/mol. The number of aromatic nitrogens is 4. The van der Waals surface area contributed by atoms with Crippen molar-refractivity contribution in [3.63, 3.8) is 0 Å². The molecule has 0 bridgehead atoms. The summed E-state index contributed by atoms with van der Waals surface area (Å²) in [5.74, 6) is 0.890. The van der Waals surface area contributed by atoms with Gasteiger partial charge in [-0.25, -0.2) is 4.68 Å². The van der Waals surface area contributed by atoms with Crippen LogP contribution in [0.5, 0.6) is 0 Å². The first-order valence-electron chi connectivity index (χ1n) is 10.4. The normalized spacial score (nSPS) is 16.6. The maximum atomic E-state index is 6.26. The van der Waals surface area contributed by atoms with Crippen LogP contribution in [0.1, 0.15) is 43.8 Å². The van der Waals surface area contributed by atoms with Gasteiger partial charge in [-0.15, -0.1) is 5.10 Å². The molecule has 0 unspecified atom stereocenters. The van der Waals surface area contributed by atoms with Gasteiger partial charge >= 0.3 is 0 Å². The van der Waals surface area contributed by atoms with Crippen LogP contribution >= 0.6 is 11.6 Å². The Morgan fingerprint density at radius 1 is 0.967 bits per heavy atom. The Kier molecular flexibility index (Phi) is 5.80. The van der Waals surface area contributed by atoms with Crippen molar-refractivity contribution in [1.29, 1.82) is 0 Å². The van der Waals surface area contributed by atoms with E-state index in [4.69, 9.17) is 11.6 Å². The van der Waals surface area contributed by atoms with Gasteiger partial charge in [-0.1, -0.05) is 48.0 Å². The summed E-state index contributed by atoms with van der Waals surface area (Å²) in [6.45, 7) is 12.2. The fraction of sp³-hybridized carbons (Fsp3) is 0.435. The number of hydrogen-bond acceptors (Lipinski definition) is 5. The first-order valence-corrected chi connectivity index (χ1v) is 10.8. The fourth-order valence-electron chi connectivity index (χ4n) is 4.15. The van der Waals surface area contributed by atoms with Crippen molar-refractivity contribution in [3.8, 4) is 0 Å². The molecule has 2 aromatic carbocycles. The van der Waals surface area contributed by atoms with Crippen LogP contribution in [0.25, 0.3) is 0 Å². The molecule has 158 valence electrons. The van der Waals surface area contributed by atoms with E-state index in [0.717, 1.165) is 37.0 Å². The topological polar surface area (TPSA) is 50.1 Å². The Morgan fingerprint density at radius 3 is 2.33 bits per heavy atom. The number of nitrogens with zero attached hydrogens (tertiary/aromatic N) is 6. The zero-order valence-electron chi connectivity index (χ0n) is 18.1. The highest BCUT2D eigenvalue weighted by Crippen LogP contribution is 2.32. The molecule has 1 fully saturated rings. The first kappa shape index (κ1) is 20.8. The van der Waals surface area contributed by atoms with E-state index in [-0.39, 0.29) is 11.6 Å². The Labute approximate surface area is 183 Å². The minimum atomic E-state index is -0.189. The van der Waals surface area contributed by atoms with Gasteiger partial charge in [0.05, 0.1) is 11.6 Å². The second kappa shape index (κ2) is 8.36. The molecule has 30 heavy (non-hydrogen) atoms. The first-order chi connectivity index (χ1) is 14.3. The Morgan fingerprint density at radius 2 is 1.67 bits per heavy atom. The lowest BCUT2D eigenvalue weighted by Gasteiger charge is -2.40. The van der Waals surface area contributed by atoms with Gasteiger partial charge in [0, 0.05) is 36.9 Å².